The summed E-state index contributed by atoms with van der Waals surface area (Å²) in [4.78, 5) is 13.5. The third-order valence-electron chi connectivity index (χ3n) is 2.90. The molecule has 0 saturated heterocycles. The van der Waals surface area contributed by atoms with Crippen LogP contribution in [0.5, 0.6) is 5.75 Å². The normalized spacial score (nSPS) is 10.3. The van der Waals surface area contributed by atoms with Gasteiger partial charge >= 0.3 is 0 Å². The van der Waals surface area contributed by atoms with Crippen molar-refractivity contribution in [2.24, 2.45) is 0 Å². The van der Waals surface area contributed by atoms with E-state index in [2.05, 4.69) is 0 Å². The number of benzene rings is 2. The van der Waals surface area contributed by atoms with Crippen LogP contribution >= 0.6 is 0 Å². The molecule has 0 fully saturated rings. The number of anilines is 1. The number of para-hydroxylation sites is 1. The number of hydrogen-bond acceptors (Lipinski definition) is 2. The zero-order valence-electron chi connectivity index (χ0n) is 10.7. The Balaban J connectivity index is 2.39. The Bertz CT molecular complexity index is 625. The first-order valence-electron chi connectivity index (χ1n) is 5.83. The molecule has 1 N–H and O–H groups in total. The molecule has 0 aliphatic rings. The van der Waals surface area contributed by atoms with Crippen LogP contribution in [0.4, 0.5) is 10.1 Å². The number of carbonyl (C=O) groups excluding carboxylic acids is 1. The Morgan fingerprint density at radius 2 is 1.89 bits per heavy atom. The number of hydrogen-bond donors (Lipinski definition) is 1. The molecule has 4 heteroatoms. The number of aryl methyl sites for hydroxylation is 1. The van der Waals surface area contributed by atoms with E-state index < -0.39 is 11.7 Å². The Morgan fingerprint density at radius 1 is 1.21 bits per heavy atom. The van der Waals surface area contributed by atoms with E-state index in [1.54, 1.807) is 24.3 Å². The lowest BCUT2D eigenvalue weighted by molar-refractivity contribution is 0.0989. The maximum atomic E-state index is 13.6. The van der Waals surface area contributed by atoms with E-state index in [1.807, 2.05) is 6.92 Å². The summed E-state index contributed by atoms with van der Waals surface area (Å²) in [7, 11) is 1.47. The van der Waals surface area contributed by atoms with Gasteiger partial charge in [0.25, 0.3) is 5.91 Å². The molecule has 0 aliphatic carbocycles. The SMILES string of the molecule is Cc1ccc(O)c(C(=O)N(C)c2ccccc2F)c1. The van der Waals surface area contributed by atoms with Crippen LogP contribution in [0.15, 0.2) is 42.5 Å². The Kier molecular flexibility index (Phi) is 3.51. The molecule has 1 amide bonds. The average molecular weight is 259 g/mol. The van der Waals surface area contributed by atoms with E-state index in [-0.39, 0.29) is 17.0 Å². The highest BCUT2D eigenvalue weighted by atomic mass is 19.1. The topological polar surface area (TPSA) is 40.5 Å². The van der Waals surface area contributed by atoms with Crippen LogP contribution < -0.4 is 4.90 Å². The van der Waals surface area contributed by atoms with E-state index in [1.165, 1.54) is 30.1 Å². The molecular weight excluding hydrogens is 245 g/mol. The standard InChI is InChI=1S/C15H14FNO2/c1-10-7-8-14(18)11(9-10)15(19)17(2)13-6-4-3-5-12(13)16/h3-9,18H,1-2H3. The maximum Gasteiger partial charge on any atom is 0.261 e. The van der Waals surface area contributed by atoms with Crippen LogP contribution in [-0.2, 0) is 0 Å². The fourth-order valence-corrected chi connectivity index (χ4v) is 1.84. The lowest BCUT2D eigenvalue weighted by Crippen LogP contribution is -2.27. The number of nitrogens with zero attached hydrogens (tertiary/aromatic N) is 1. The number of aromatic hydroxyl groups is 1. The van der Waals surface area contributed by atoms with Gasteiger partial charge in [-0.15, -0.1) is 0 Å². The highest BCUT2D eigenvalue weighted by Gasteiger charge is 2.19. The molecule has 0 atom stereocenters. The third kappa shape index (κ3) is 2.57. The fourth-order valence-electron chi connectivity index (χ4n) is 1.84. The molecule has 0 bridgehead atoms. The fraction of sp³-hybridized carbons (Fsp3) is 0.133. The van der Waals surface area contributed by atoms with E-state index in [9.17, 15) is 14.3 Å². The lowest BCUT2D eigenvalue weighted by atomic mass is 10.1. The molecule has 0 spiro atoms. The van der Waals surface area contributed by atoms with Crippen LogP contribution in [0.25, 0.3) is 0 Å². The molecule has 0 saturated carbocycles. The second-order valence-electron chi connectivity index (χ2n) is 4.34. The maximum absolute atomic E-state index is 13.6. The van der Waals surface area contributed by atoms with E-state index in [0.29, 0.717) is 0 Å². The van der Waals surface area contributed by atoms with Crippen molar-refractivity contribution in [3.8, 4) is 5.75 Å². The number of phenols is 1. The van der Waals surface area contributed by atoms with Crippen LogP contribution in [0.2, 0.25) is 0 Å². The lowest BCUT2D eigenvalue weighted by Gasteiger charge is -2.18. The van der Waals surface area contributed by atoms with Crippen molar-refractivity contribution in [3.63, 3.8) is 0 Å². The van der Waals surface area contributed by atoms with Gasteiger partial charge in [0.15, 0.2) is 0 Å². The summed E-state index contributed by atoms with van der Waals surface area (Å²) in [6, 6.07) is 10.7. The second kappa shape index (κ2) is 5.10. The summed E-state index contributed by atoms with van der Waals surface area (Å²) in [5.74, 6) is -1.05. The summed E-state index contributed by atoms with van der Waals surface area (Å²) in [5.41, 5.74) is 1.18. The van der Waals surface area contributed by atoms with Crippen molar-refractivity contribution in [3.05, 3.63) is 59.4 Å². The third-order valence-corrected chi connectivity index (χ3v) is 2.90. The van der Waals surface area contributed by atoms with Gasteiger partial charge in [-0.25, -0.2) is 4.39 Å². The predicted molar refractivity (Wildman–Crippen MR) is 72.0 cm³/mol. The summed E-state index contributed by atoms with van der Waals surface area (Å²) in [5, 5.41) is 9.73. The number of amides is 1. The molecule has 2 aromatic carbocycles. The van der Waals surface area contributed by atoms with Crippen molar-refractivity contribution >= 4 is 11.6 Å². The van der Waals surface area contributed by atoms with Gasteiger partial charge in [-0.3, -0.25) is 4.79 Å². The molecule has 0 aromatic heterocycles. The van der Waals surface area contributed by atoms with Crippen LogP contribution in [0, 0.1) is 12.7 Å². The van der Waals surface area contributed by atoms with E-state index >= 15 is 0 Å². The molecule has 98 valence electrons. The zero-order valence-corrected chi connectivity index (χ0v) is 10.7. The van der Waals surface area contributed by atoms with Crippen molar-refractivity contribution in [1.29, 1.82) is 0 Å². The van der Waals surface area contributed by atoms with Gasteiger partial charge in [-0.2, -0.15) is 0 Å². The molecule has 0 heterocycles. The smallest absolute Gasteiger partial charge is 0.261 e. The van der Waals surface area contributed by atoms with Crippen LogP contribution in [0.3, 0.4) is 0 Å². The minimum atomic E-state index is -0.481. The van der Waals surface area contributed by atoms with Gasteiger partial charge < -0.3 is 10.0 Å². The Hall–Kier alpha value is -2.36. The number of phenolic OH excluding ortho intramolecular Hbond substituents is 1. The molecule has 3 nitrogen and oxygen atoms in total. The van der Waals surface area contributed by atoms with Crippen molar-refractivity contribution in [1.82, 2.24) is 0 Å². The van der Waals surface area contributed by atoms with E-state index in [0.717, 1.165) is 5.56 Å². The highest BCUT2D eigenvalue weighted by Crippen LogP contribution is 2.24. The first-order valence-corrected chi connectivity index (χ1v) is 5.83. The average Bonchev–Trinajstić information content (AvgIpc) is 2.40. The summed E-state index contributed by atoms with van der Waals surface area (Å²) >= 11 is 0. The number of carbonyl (C=O) groups is 1. The van der Waals surface area contributed by atoms with Gasteiger partial charge in [0.2, 0.25) is 0 Å². The minimum absolute atomic E-state index is 0.112. The molecule has 0 aliphatic heterocycles. The zero-order chi connectivity index (χ0) is 14.0. The van der Waals surface area contributed by atoms with Gasteiger partial charge in [0, 0.05) is 7.05 Å². The monoisotopic (exact) mass is 259 g/mol. The molecular formula is C15H14FNO2. The molecule has 0 unspecified atom stereocenters. The molecule has 2 aromatic rings. The Labute approximate surface area is 110 Å². The quantitative estimate of drug-likeness (QED) is 0.900. The van der Waals surface area contributed by atoms with Crippen molar-refractivity contribution in [2.75, 3.05) is 11.9 Å². The molecule has 19 heavy (non-hydrogen) atoms. The van der Waals surface area contributed by atoms with Gasteiger partial charge in [0.05, 0.1) is 11.3 Å². The van der Waals surface area contributed by atoms with Gasteiger partial charge in [-0.1, -0.05) is 23.8 Å². The second-order valence-corrected chi connectivity index (χ2v) is 4.34. The predicted octanol–water partition coefficient (Wildman–Crippen LogP) is 3.12. The summed E-state index contributed by atoms with van der Waals surface area (Å²) < 4.78 is 13.6. The highest BCUT2D eigenvalue weighted by molar-refractivity contribution is 6.07. The van der Waals surface area contributed by atoms with E-state index in [4.69, 9.17) is 0 Å². The van der Waals surface area contributed by atoms with Crippen molar-refractivity contribution < 1.29 is 14.3 Å². The minimum Gasteiger partial charge on any atom is -0.507 e. The van der Waals surface area contributed by atoms with Crippen molar-refractivity contribution in [2.45, 2.75) is 6.92 Å². The van der Waals surface area contributed by atoms with Crippen LogP contribution in [-0.4, -0.2) is 18.1 Å². The van der Waals surface area contributed by atoms with Crippen LogP contribution in [0.1, 0.15) is 15.9 Å². The first-order chi connectivity index (χ1) is 9.00. The largest absolute Gasteiger partial charge is 0.507 e. The number of rotatable bonds is 2. The number of halogens is 1. The molecule has 2 rings (SSSR count). The Morgan fingerprint density at radius 3 is 2.58 bits per heavy atom. The first kappa shape index (κ1) is 13.1. The summed E-state index contributed by atoms with van der Waals surface area (Å²) in [6.45, 7) is 1.82. The van der Waals surface area contributed by atoms with Gasteiger partial charge in [-0.05, 0) is 31.2 Å². The summed E-state index contributed by atoms with van der Waals surface area (Å²) in [6.07, 6.45) is 0. The molecule has 0 radical (unpaired) electrons. The van der Waals surface area contributed by atoms with Gasteiger partial charge in [0.1, 0.15) is 11.6 Å².